The number of aromatic hydroxyl groups is 1. The molecule has 2 aliphatic heterocycles. The van der Waals surface area contributed by atoms with Crippen LogP contribution in [0.4, 0.5) is 11.4 Å². The Kier molecular flexibility index (Phi) is 5.16. The maximum Gasteiger partial charge on any atom is 0.269 e. The van der Waals surface area contributed by atoms with Crippen LogP contribution in [0, 0.1) is 0 Å². The van der Waals surface area contributed by atoms with Crippen LogP contribution in [0.15, 0.2) is 80.5 Å². The molecule has 2 aliphatic rings. The van der Waals surface area contributed by atoms with Gasteiger partial charge in [-0.05, 0) is 49.2 Å². The van der Waals surface area contributed by atoms with E-state index in [4.69, 9.17) is 4.99 Å². The minimum absolute atomic E-state index is 0.0419. The van der Waals surface area contributed by atoms with Crippen LogP contribution >= 0.6 is 23.5 Å². The number of hydrogen-bond acceptors (Lipinski definition) is 6. The highest BCUT2D eigenvalue weighted by atomic mass is 32.2. The summed E-state index contributed by atoms with van der Waals surface area (Å²) in [6, 6.07) is 19.5. The maximum atomic E-state index is 13.3. The number of aliphatic imine (C=N–C) groups is 1. The number of rotatable bonds is 3. The Hall–Kier alpha value is -2.90. The fourth-order valence-corrected chi connectivity index (χ4v) is 6.31. The quantitative estimate of drug-likeness (QED) is 0.504. The molecule has 0 aromatic heterocycles. The van der Waals surface area contributed by atoms with E-state index in [-0.39, 0.29) is 11.7 Å². The van der Waals surface area contributed by atoms with Gasteiger partial charge in [-0.3, -0.25) is 9.69 Å². The van der Waals surface area contributed by atoms with Crippen molar-refractivity contribution in [2.45, 2.75) is 18.7 Å². The second kappa shape index (κ2) is 7.98. The fourth-order valence-electron chi connectivity index (χ4n) is 3.87. The SMILES string of the molecule is CCN1C(=O)C(=C2Sc3ccccc3N2CC)SC1=Nc1c(O)ccc2ccccc12. The van der Waals surface area contributed by atoms with Gasteiger partial charge in [0.1, 0.15) is 21.4 Å². The molecule has 0 spiro atoms. The minimum Gasteiger partial charge on any atom is -0.506 e. The zero-order chi connectivity index (χ0) is 21.5. The Morgan fingerprint density at radius 3 is 2.45 bits per heavy atom. The summed E-state index contributed by atoms with van der Waals surface area (Å²) in [5.74, 6) is 0.0639. The number of amides is 1. The second-order valence-corrected chi connectivity index (χ2v) is 9.16. The molecule has 5 nitrogen and oxygen atoms in total. The van der Waals surface area contributed by atoms with Crippen LogP contribution in [0.3, 0.4) is 0 Å². The lowest BCUT2D eigenvalue weighted by atomic mass is 10.1. The molecule has 0 unspecified atom stereocenters. The van der Waals surface area contributed by atoms with Gasteiger partial charge in [0.05, 0.1) is 5.69 Å². The normalized spacial score (nSPS) is 19.7. The molecule has 3 aromatic rings. The predicted octanol–water partition coefficient (Wildman–Crippen LogP) is 5.93. The van der Waals surface area contributed by atoms with Crippen molar-refractivity contribution in [3.8, 4) is 5.75 Å². The Morgan fingerprint density at radius 1 is 0.903 bits per heavy atom. The van der Waals surface area contributed by atoms with E-state index < -0.39 is 0 Å². The summed E-state index contributed by atoms with van der Waals surface area (Å²) in [6.45, 7) is 5.32. The molecule has 0 atom stereocenters. The third kappa shape index (κ3) is 3.28. The molecule has 1 amide bonds. The number of thioether (sulfide) groups is 2. The van der Waals surface area contributed by atoms with Crippen LogP contribution in [0.2, 0.25) is 0 Å². The molecule has 3 aromatic carbocycles. The monoisotopic (exact) mass is 447 g/mol. The highest BCUT2D eigenvalue weighted by Gasteiger charge is 2.39. The number of hydrogen-bond donors (Lipinski definition) is 1. The highest BCUT2D eigenvalue weighted by Crippen LogP contribution is 2.50. The zero-order valence-electron chi connectivity index (χ0n) is 17.2. The van der Waals surface area contributed by atoms with E-state index in [1.165, 1.54) is 11.8 Å². The molecule has 156 valence electrons. The Morgan fingerprint density at radius 2 is 1.65 bits per heavy atom. The number of carbonyl (C=O) groups is 1. The van der Waals surface area contributed by atoms with Crippen LogP contribution in [0.5, 0.6) is 5.75 Å². The summed E-state index contributed by atoms with van der Waals surface area (Å²) >= 11 is 3.01. The van der Waals surface area contributed by atoms with Crippen molar-refractivity contribution in [2.24, 2.45) is 4.99 Å². The van der Waals surface area contributed by atoms with Gasteiger partial charge in [-0.15, -0.1) is 0 Å². The van der Waals surface area contributed by atoms with Crippen molar-refractivity contribution >= 4 is 56.7 Å². The van der Waals surface area contributed by atoms with Gasteiger partial charge in [-0.25, -0.2) is 4.99 Å². The minimum atomic E-state index is -0.0419. The van der Waals surface area contributed by atoms with Crippen molar-refractivity contribution in [2.75, 3.05) is 18.0 Å². The van der Waals surface area contributed by atoms with E-state index in [0.717, 1.165) is 32.9 Å². The number of fused-ring (bicyclic) bond motifs is 2. The molecule has 2 heterocycles. The summed E-state index contributed by atoms with van der Waals surface area (Å²) < 4.78 is 0. The van der Waals surface area contributed by atoms with E-state index in [9.17, 15) is 9.90 Å². The smallest absolute Gasteiger partial charge is 0.269 e. The first kappa shape index (κ1) is 20.0. The van der Waals surface area contributed by atoms with Crippen molar-refractivity contribution in [1.29, 1.82) is 0 Å². The number of para-hydroxylation sites is 1. The largest absolute Gasteiger partial charge is 0.506 e. The number of benzene rings is 3. The molecule has 1 fully saturated rings. The first-order valence-electron chi connectivity index (χ1n) is 10.2. The van der Waals surface area contributed by atoms with Crippen LogP contribution < -0.4 is 4.90 Å². The van der Waals surface area contributed by atoms with Crippen LogP contribution in [0.25, 0.3) is 10.8 Å². The number of amidine groups is 1. The highest BCUT2D eigenvalue weighted by molar-refractivity contribution is 8.19. The second-order valence-electron chi connectivity index (χ2n) is 7.15. The number of phenolic OH excluding ortho intramolecular Hbond substituents is 1. The maximum absolute atomic E-state index is 13.3. The molecular weight excluding hydrogens is 426 g/mol. The molecule has 1 N–H and O–H groups in total. The number of nitrogens with zero attached hydrogens (tertiary/aromatic N) is 3. The first-order valence-corrected chi connectivity index (χ1v) is 11.8. The molecule has 0 radical (unpaired) electrons. The van der Waals surface area contributed by atoms with E-state index in [0.29, 0.717) is 22.3 Å². The molecule has 7 heteroatoms. The van der Waals surface area contributed by atoms with Gasteiger partial charge >= 0.3 is 0 Å². The number of likely N-dealkylation sites (N-methyl/N-ethyl adjacent to an activating group) is 1. The predicted molar refractivity (Wildman–Crippen MR) is 130 cm³/mol. The van der Waals surface area contributed by atoms with Gasteiger partial charge in [0.15, 0.2) is 5.17 Å². The lowest BCUT2D eigenvalue weighted by molar-refractivity contribution is -0.122. The van der Waals surface area contributed by atoms with E-state index in [1.807, 2.05) is 49.4 Å². The Balaban J connectivity index is 1.62. The van der Waals surface area contributed by atoms with Gasteiger partial charge in [-0.1, -0.05) is 54.2 Å². The average Bonchev–Trinajstić information content (AvgIpc) is 3.32. The Labute approximate surface area is 189 Å². The number of phenols is 1. The summed E-state index contributed by atoms with van der Waals surface area (Å²) in [4.78, 5) is 23.8. The lowest BCUT2D eigenvalue weighted by Gasteiger charge is -2.19. The Bertz CT molecular complexity index is 1270. The third-order valence-electron chi connectivity index (χ3n) is 5.38. The van der Waals surface area contributed by atoms with E-state index in [2.05, 4.69) is 24.0 Å². The summed E-state index contributed by atoms with van der Waals surface area (Å²) in [6.07, 6.45) is 0. The molecule has 31 heavy (non-hydrogen) atoms. The van der Waals surface area contributed by atoms with E-state index >= 15 is 0 Å². The summed E-state index contributed by atoms with van der Waals surface area (Å²) in [7, 11) is 0. The van der Waals surface area contributed by atoms with Crippen LogP contribution in [0.1, 0.15) is 13.8 Å². The van der Waals surface area contributed by atoms with Gasteiger partial charge in [0, 0.05) is 23.4 Å². The van der Waals surface area contributed by atoms with Crippen molar-refractivity contribution in [1.82, 2.24) is 4.90 Å². The first-order chi connectivity index (χ1) is 15.1. The number of carbonyl (C=O) groups excluding carboxylic acids is 1. The third-order valence-corrected chi connectivity index (χ3v) is 7.76. The average molecular weight is 448 g/mol. The topological polar surface area (TPSA) is 56.1 Å². The molecule has 0 bridgehead atoms. The zero-order valence-corrected chi connectivity index (χ0v) is 18.8. The standard InChI is InChI=1S/C24H21N3O2S2/c1-3-26-17-11-7-8-12-19(17)30-23(26)21-22(29)27(4-2)24(31-21)25-20-16-10-6-5-9-15(16)13-14-18(20)28/h5-14,28H,3-4H2,1-2H3. The number of anilines is 1. The van der Waals surface area contributed by atoms with Gasteiger partial charge in [0.2, 0.25) is 0 Å². The molecule has 0 aliphatic carbocycles. The van der Waals surface area contributed by atoms with Crippen molar-refractivity contribution in [3.63, 3.8) is 0 Å². The molecule has 5 rings (SSSR count). The molecule has 0 saturated carbocycles. The van der Waals surface area contributed by atoms with Crippen LogP contribution in [-0.2, 0) is 4.79 Å². The molecular formula is C24H21N3O2S2. The van der Waals surface area contributed by atoms with Gasteiger partial charge in [0.25, 0.3) is 5.91 Å². The summed E-state index contributed by atoms with van der Waals surface area (Å²) in [5.41, 5.74) is 1.62. The molecule has 1 saturated heterocycles. The van der Waals surface area contributed by atoms with Gasteiger partial charge < -0.3 is 10.0 Å². The fraction of sp³-hybridized carbons (Fsp3) is 0.167. The van der Waals surface area contributed by atoms with Crippen molar-refractivity contribution < 1.29 is 9.90 Å². The van der Waals surface area contributed by atoms with Crippen molar-refractivity contribution in [3.05, 3.63) is 70.6 Å². The van der Waals surface area contributed by atoms with Crippen LogP contribution in [-0.4, -0.2) is 34.2 Å². The van der Waals surface area contributed by atoms with Gasteiger partial charge in [-0.2, -0.15) is 0 Å². The summed E-state index contributed by atoms with van der Waals surface area (Å²) in [5, 5.41) is 13.9. The lowest BCUT2D eigenvalue weighted by Crippen LogP contribution is -2.29. The van der Waals surface area contributed by atoms with E-state index in [1.54, 1.807) is 22.7 Å².